The first-order chi connectivity index (χ1) is 14.1. The normalized spacial score (nSPS) is 19.5. The number of carbonyl (C=O) groups excluding carboxylic acids is 1. The molecule has 1 amide bonds. The number of allylic oxidation sites excluding steroid dienone is 5. The lowest BCUT2D eigenvalue weighted by Crippen LogP contribution is -2.44. The minimum Gasteiger partial charge on any atom is -0.386 e. The first-order valence-corrected chi connectivity index (χ1v) is 11.8. The fourth-order valence-corrected chi connectivity index (χ4v) is 4.37. The molecule has 29 heavy (non-hydrogen) atoms. The quantitative estimate of drug-likeness (QED) is 0.172. The highest BCUT2D eigenvalue weighted by atomic mass is 16.2. The van der Waals surface area contributed by atoms with Crippen LogP contribution < -0.4 is 5.73 Å². The third kappa shape index (κ3) is 8.20. The van der Waals surface area contributed by atoms with Crippen molar-refractivity contribution in [2.24, 2.45) is 5.73 Å². The zero-order chi connectivity index (χ0) is 20.9. The maximum atomic E-state index is 12.8. The van der Waals surface area contributed by atoms with E-state index < -0.39 is 0 Å². The molecule has 4 heteroatoms. The number of hydrogen-bond donors (Lipinski definition) is 2. The first kappa shape index (κ1) is 23.4. The second-order valence-electron chi connectivity index (χ2n) is 8.52. The van der Waals surface area contributed by atoms with Gasteiger partial charge in [-0.25, -0.2) is 0 Å². The zero-order valence-corrected chi connectivity index (χ0v) is 18.4. The molecule has 1 saturated heterocycles. The van der Waals surface area contributed by atoms with E-state index in [1.54, 1.807) is 4.90 Å². The topological polar surface area (TPSA) is 70.2 Å². The molecule has 162 valence electrons. The van der Waals surface area contributed by atoms with E-state index in [1.807, 2.05) is 6.08 Å². The molecular weight excluding hydrogens is 358 g/mol. The summed E-state index contributed by atoms with van der Waals surface area (Å²) < 4.78 is 0. The molecule has 1 atom stereocenters. The van der Waals surface area contributed by atoms with Crippen molar-refractivity contribution >= 4 is 11.7 Å². The molecule has 0 aromatic heterocycles. The smallest absolute Gasteiger partial charge is 0.250 e. The second-order valence-corrected chi connectivity index (χ2v) is 8.52. The molecule has 1 heterocycles. The number of amides is 1. The van der Waals surface area contributed by atoms with Crippen LogP contribution in [0.25, 0.3) is 0 Å². The van der Waals surface area contributed by atoms with Crippen molar-refractivity contribution in [3.8, 4) is 0 Å². The Labute approximate surface area is 177 Å². The van der Waals surface area contributed by atoms with E-state index in [4.69, 9.17) is 11.1 Å². The number of carbonyl (C=O) groups is 1. The van der Waals surface area contributed by atoms with Gasteiger partial charge in [0.2, 0.25) is 5.91 Å². The number of rotatable bonds is 13. The van der Waals surface area contributed by atoms with Gasteiger partial charge in [-0.05, 0) is 57.8 Å². The molecule has 0 aromatic rings. The molecule has 4 nitrogen and oxygen atoms in total. The predicted molar refractivity (Wildman–Crippen MR) is 123 cm³/mol. The van der Waals surface area contributed by atoms with Crippen LogP contribution in [0.4, 0.5) is 0 Å². The van der Waals surface area contributed by atoms with Crippen LogP contribution in [0.5, 0.6) is 0 Å². The Hall–Kier alpha value is -1.84. The van der Waals surface area contributed by atoms with Gasteiger partial charge >= 0.3 is 0 Å². The molecule has 0 unspecified atom stereocenters. The maximum Gasteiger partial charge on any atom is 0.250 e. The van der Waals surface area contributed by atoms with Gasteiger partial charge in [0.1, 0.15) is 5.84 Å². The largest absolute Gasteiger partial charge is 0.386 e. The lowest BCUT2D eigenvalue weighted by molar-refractivity contribution is -0.127. The molecule has 0 bridgehead atoms. The van der Waals surface area contributed by atoms with Crippen molar-refractivity contribution in [3.05, 3.63) is 35.5 Å². The fourth-order valence-electron chi connectivity index (χ4n) is 4.37. The highest BCUT2D eigenvalue weighted by molar-refractivity contribution is 5.98. The Morgan fingerprint density at radius 1 is 1.10 bits per heavy atom. The molecule has 1 aliphatic heterocycles. The van der Waals surface area contributed by atoms with Gasteiger partial charge in [-0.3, -0.25) is 10.2 Å². The number of amidine groups is 1. The van der Waals surface area contributed by atoms with Crippen LogP contribution in [-0.2, 0) is 4.79 Å². The van der Waals surface area contributed by atoms with Crippen molar-refractivity contribution < 1.29 is 4.79 Å². The van der Waals surface area contributed by atoms with Gasteiger partial charge in [0.25, 0.3) is 0 Å². The van der Waals surface area contributed by atoms with Gasteiger partial charge in [-0.2, -0.15) is 0 Å². The molecule has 0 radical (unpaired) electrons. The molecule has 3 N–H and O–H groups in total. The van der Waals surface area contributed by atoms with Crippen LogP contribution in [-0.4, -0.2) is 29.2 Å². The lowest BCUT2D eigenvalue weighted by atomic mass is 9.93. The van der Waals surface area contributed by atoms with Crippen LogP contribution in [0.3, 0.4) is 0 Å². The average Bonchev–Trinajstić information content (AvgIpc) is 3.22. The van der Waals surface area contributed by atoms with Gasteiger partial charge in [0.15, 0.2) is 0 Å². The third-order valence-electron chi connectivity index (χ3n) is 6.15. The van der Waals surface area contributed by atoms with Crippen molar-refractivity contribution in [2.75, 3.05) is 6.54 Å². The summed E-state index contributed by atoms with van der Waals surface area (Å²) in [5.74, 6) is 0.208. The van der Waals surface area contributed by atoms with E-state index in [0.29, 0.717) is 0 Å². The van der Waals surface area contributed by atoms with E-state index in [-0.39, 0.29) is 17.8 Å². The zero-order valence-electron chi connectivity index (χ0n) is 18.4. The summed E-state index contributed by atoms with van der Waals surface area (Å²) in [5.41, 5.74) is 8.03. The highest BCUT2D eigenvalue weighted by Gasteiger charge is 2.32. The summed E-state index contributed by atoms with van der Waals surface area (Å²) in [6.07, 6.45) is 25.3. The summed E-state index contributed by atoms with van der Waals surface area (Å²) in [4.78, 5) is 14.6. The van der Waals surface area contributed by atoms with Crippen LogP contribution in [0, 0.1) is 5.41 Å². The van der Waals surface area contributed by atoms with Gasteiger partial charge in [-0.15, -0.1) is 0 Å². The van der Waals surface area contributed by atoms with E-state index in [0.717, 1.165) is 44.2 Å². The Morgan fingerprint density at radius 2 is 1.83 bits per heavy atom. The van der Waals surface area contributed by atoms with Gasteiger partial charge < -0.3 is 10.6 Å². The molecule has 1 fully saturated rings. The molecular formula is C25H41N3O. The minimum atomic E-state index is -0.193. The summed E-state index contributed by atoms with van der Waals surface area (Å²) in [5, 5.41) is 7.69. The van der Waals surface area contributed by atoms with E-state index >= 15 is 0 Å². The lowest BCUT2D eigenvalue weighted by Gasteiger charge is -2.26. The minimum absolute atomic E-state index is 0.0863. The van der Waals surface area contributed by atoms with E-state index in [9.17, 15) is 4.79 Å². The van der Waals surface area contributed by atoms with Crippen LogP contribution >= 0.6 is 0 Å². The molecule has 0 aromatic carbocycles. The Balaban J connectivity index is 1.59. The van der Waals surface area contributed by atoms with Crippen molar-refractivity contribution in [3.63, 3.8) is 0 Å². The number of likely N-dealkylation sites (tertiary alicyclic amines) is 1. The molecule has 2 rings (SSSR count). The summed E-state index contributed by atoms with van der Waals surface area (Å²) in [6, 6.07) is -0.193. The molecule has 0 saturated carbocycles. The summed E-state index contributed by atoms with van der Waals surface area (Å²) in [7, 11) is 0. The van der Waals surface area contributed by atoms with Gasteiger partial charge in [0, 0.05) is 12.1 Å². The van der Waals surface area contributed by atoms with Crippen molar-refractivity contribution in [1.29, 1.82) is 5.41 Å². The predicted octanol–water partition coefficient (Wildman–Crippen LogP) is 6.04. The number of nitrogens with one attached hydrogen (secondary N) is 1. The van der Waals surface area contributed by atoms with E-state index in [2.05, 4.69) is 25.2 Å². The molecule has 2 aliphatic rings. The Bertz CT molecular complexity index is 618. The fraction of sp³-hybridized carbons (Fsp3) is 0.680. The second kappa shape index (κ2) is 13.4. The van der Waals surface area contributed by atoms with Gasteiger partial charge in [0.05, 0.1) is 6.04 Å². The van der Waals surface area contributed by atoms with Crippen LogP contribution in [0.1, 0.15) is 96.8 Å². The Morgan fingerprint density at radius 3 is 2.48 bits per heavy atom. The average molecular weight is 400 g/mol. The number of nitrogens with two attached hydrogens (primary N) is 1. The standard InChI is InChI=1S/C25H41N3O/c1-2-3-4-5-6-7-8-9-10-11-12-14-21-16-18-22(19-17-21)25(29)28-20-13-15-23(28)24(26)27/h3-4,16,18,23H,2,5-15,17,19-20H2,1H3,(H3,26,27)/b4-3+/t23-/m0/s1. The van der Waals surface area contributed by atoms with Crippen LogP contribution in [0.15, 0.2) is 35.5 Å². The number of nitrogens with zero attached hydrogens (tertiary/aromatic N) is 1. The van der Waals surface area contributed by atoms with Gasteiger partial charge in [-0.1, -0.05) is 68.9 Å². The first-order valence-electron chi connectivity index (χ1n) is 11.8. The van der Waals surface area contributed by atoms with E-state index in [1.165, 1.54) is 63.4 Å². The third-order valence-corrected chi connectivity index (χ3v) is 6.15. The Kier molecular flexibility index (Phi) is 10.8. The number of hydrogen-bond acceptors (Lipinski definition) is 2. The SMILES string of the molecule is CC/C=C/CCCCCCCCCC1=CC=C(C(=O)N2CCC[C@H]2C(=N)N)CC1. The summed E-state index contributed by atoms with van der Waals surface area (Å²) >= 11 is 0. The summed E-state index contributed by atoms with van der Waals surface area (Å²) in [6.45, 7) is 2.92. The van der Waals surface area contributed by atoms with Crippen LogP contribution in [0.2, 0.25) is 0 Å². The highest BCUT2D eigenvalue weighted by Crippen LogP contribution is 2.27. The molecule has 0 spiro atoms. The number of unbranched alkanes of at least 4 members (excludes halogenated alkanes) is 7. The maximum absolute atomic E-state index is 12.8. The van der Waals surface area contributed by atoms with Crippen molar-refractivity contribution in [2.45, 2.75) is 103 Å². The monoisotopic (exact) mass is 399 g/mol. The molecule has 1 aliphatic carbocycles. The van der Waals surface area contributed by atoms with Crippen molar-refractivity contribution in [1.82, 2.24) is 4.90 Å².